The van der Waals surface area contributed by atoms with Gasteiger partial charge in [0, 0.05) is 30.7 Å². The van der Waals surface area contributed by atoms with Gasteiger partial charge in [0.1, 0.15) is 0 Å². The molecule has 122 valence electrons. The van der Waals surface area contributed by atoms with E-state index in [0.717, 1.165) is 10.8 Å². The third-order valence-corrected chi connectivity index (χ3v) is 5.15. The number of nitrogens with zero attached hydrogens (tertiary/aromatic N) is 3. The fourth-order valence-electron chi connectivity index (χ4n) is 3.44. The Labute approximate surface area is 143 Å². The predicted octanol–water partition coefficient (Wildman–Crippen LogP) is 3.42. The van der Waals surface area contributed by atoms with Crippen LogP contribution >= 0.6 is 12.2 Å². The summed E-state index contributed by atoms with van der Waals surface area (Å²) in [6.45, 7) is 8.70. The van der Waals surface area contributed by atoms with Gasteiger partial charge >= 0.3 is 0 Å². The van der Waals surface area contributed by atoms with E-state index in [-0.39, 0.29) is 12.1 Å². The van der Waals surface area contributed by atoms with Crippen LogP contribution in [0.25, 0.3) is 0 Å². The van der Waals surface area contributed by atoms with Gasteiger partial charge in [-0.3, -0.25) is 4.98 Å². The van der Waals surface area contributed by atoms with Crippen LogP contribution in [0.15, 0.2) is 30.5 Å². The standard InChI is InChI=1S/C18H24N4S/c1-11(2)22-17(14-10-12(3)21(5)13(14)4)16(20-18(22)23)15-8-6-7-9-19-15/h6-11,16-17H,1-5H3,(H,20,23)/t16-,17+/m1/s1. The summed E-state index contributed by atoms with van der Waals surface area (Å²) < 4.78 is 2.24. The SMILES string of the molecule is Cc1cc([C@H]2[C@@H](c3ccccn3)NC(=S)N2C(C)C)c(C)n1C. The molecule has 2 atom stereocenters. The lowest BCUT2D eigenvalue weighted by molar-refractivity contribution is 0.268. The van der Waals surface area contributed by atoms with Crippen molar-refractivity contribution < 1.29 is 0 Å². The Balaban J connectivity index is 2.13. The Hall–Kier alpha value is -1.88. The third kappa shape index (κ3) is 2.63. The largest absolute Gasteiger partial charge is 0.352 e. The molecular formula is C18H24N4S. The number of hydrogen-bond donors (Lipinski definition) is 1. The summed E-state index contributed by atoms with van der Waals surface area (Å²) >= 11 is 5.63. The zero-order valence-electron chi connectivity index (χ0n) is 14.4. The second kappa shape index (κ2) is 5.96. The van der Waals surface area contributed by atoms with Crippen molar-refractivity contribution in [1.29, 1.82) is 0 Å². The van der Waals surface area contributed by atoms with Gasteiger partial charge < -0.3 is 14.8 Å². The van der Waals surface area contributed by atoms with E-state index in [9.17, 15) is 0 Å². The van der Waals surface area contributed by atoms with Gasteiger partial charge in [0.25, 0.3) is 0 Å². The highest BCUT2D eigenvalue weighted by Crippen LogP contribution is 2.41. The van der Waals surface area contributed by atoms with E-state index in [0.29, 0.717) is 6.04 Å². The van der Waals surface area contributed by atoms with E-state index in [1.807, 2.05) is 18.3 Å². The maximum atomic E-state index is 5.63. The van der Waals surface area contributed by atoms with Crippen LogP contribution in [0.4, 0.5) is 0 Å². The van der Waals surface area contributed by atoms with Crippen LogP contribution in [0.5, 0.6) is 0 Å². The van der Waals surface area contributed by atoms with Gasteiger partial charge in [0.15, 0.2) is 5.11 Å². The highest BCUT2D eigenvalue weighted by Gasteiger charge is 2.42. The normalized spacial score (nSPS) is 21.1. The summed E-state index contributed by atoms with van der Waals surface area (Å²) in [6.07, 6.45) is 1.85. The van der Waals surface area contributed by atoms with E-state index in [4.69, 9.17) is 12.2 Å². The molecular weight excluding hydrogens is 304 g/mol. The number of nitrogens with one attached hydrogen (secondary N) is 1. The van der Waals surface area contributed by atoms with Gasteiger partial charge in [0.05, 0.1) is 17.8 Å². The van der Waals surface area contributed by atoms with E-state index in [1.165, 1.54) is 17.0 Å². The lowest BCUT2D eigenvalue weighted by atomic mass is 9.96. The molecule has 0 radical (unpaired) electrons. The third-order valence-electron chi connectivity index (χ3n) is 4.82. The molecule has 1 fully saturated rings. The Bertz CT molecular complexity index is 720. The molecule has 1 saturated heterocycles. The second-order valence-electron chi connectivity index (χ2n) is 6.51. The molecule has 1 aliphatic rings. The molecule has 3 heterocycles. The molecule has 23 heavy (non-hydrogen) atoms. The molecule has 0 aromatic carbocycles. The number of aryl methyl sites for hydroxylation is 1. The maximum absolute atomic E-state index is 5.63. The quantitative estimate of drug-likeness (QED) is 0.875. The molecule has 4 nitrogen and oxygen atoms in total. The van der Waals surface area contributed by atoms with E-state index < -0.39 is 0 Å². The van der Waals surface area contributed by atoms with Gasteiger partial charge in [0.2, 0.25) is 0 Å². The van der Waals surface area contributed by atoms with Gasteiger partial charge in [-0.05, 0) is 63.7 Å². The van der Waals surface area contributed by atoms with Gasteiger partial charge in [-0.2, -0.15) is 0 Å². The Morgan fingerprint density at radius 2 is 2.00 bits per heavy atom. The first-order valence-electron chi connectivity index (χ1n) is 8.04. The van der Waals surface area contributed by atoms with E-state index >= 15 is 0 Å². The fourth-order valence-corrected chi connectivity index (χ4v) is 3.89. The minimum absolute atomic E-state index is 0.0756. The summed E-state index contributed by atoms with van der Waals surface area (Å²) in [7, 11) is 2.12. The van der Waals surface area contributed by atoms with Crippen LogP contribution < -0.4 is 5.32 Å². The fraction of sp³-hybridized carbons (Fsp3) is 0.444. The summed E-state index contributed by atoms with van der Waals surface area (Å²) in [5.41, 5.74) is 4.90. The van der Waals surface area contributed by atoms with Gasteiger partial charge in [-0.25, -0.2) is 0 Å². The molecule has 1 N–H and O–H groups in total. The highest BCUT2D eigenvalue weighted by atomic mass is 32.1. The number of pyridine rings is 1. The number of hydrogen-bond acceptors (Lipinski definition) is 2. The topological polar surface area (TPSA) is 33.1 Å². The Kier molecular flexibility index (Phi) is 4.15. The van der Waals surface area contributed by atoms with Gasteiger partial charge in [-0.15, -0.1) is 0 Å². The van der Waals surface area contributed by atoms with Crippen molar-refractivity contribution in [2.75, 3.05) is 0 Å². The molecule has 3 rings (SSSR count). The van der Waals surface area contributed by atoms with Crippen LogP contribution in [-0.4, -0.2) is 25.6 Å². The highest BCUT2D eigenvalue weighted by molar-refractivity contribution is 7.80. The summed E-state index contributed by atoms with van der Waals surface area (Å²) in [6, 6.07) is 8.90. The second-order valence-corrected chi connectivity index (χ2v) is 6.90. The van der Waals surface area contributed by atoms with Crippen molar-refractivity contribution in [3.05, 3.63) is 53.1 Å². The molecule has 0 bridgehead atoms. The van der Waals surface area contributed by atoms with Crippen LogP contribution in [0.2, 0.25) is 0 Å². The molecule has 2 aromatic heterocycles. The Morgan fingerprint density at radius 1 is 1.26 bits per heavy atom. The van der Waals surface area contributed by atoms with Crippen molar-refractivity contribution >= 4 is 17.3 Å². The van der Waals surface area contributed by atoms with Crippen LogP contribution in [0, 0.1) is 13.8 Å². The molecule has 1 aliphatic heterocycles. The zero-order valence-corrected chi connectivity index (χ0v) is 15.2. The van der Waals surface area contributed by atoms with Crippen molar-refractivity contribution in [3.63, 3.8) is 0 Å². The van der Waals surface area contributed by atoms with Crippen molar-refractivity contribution in [1.82, 2.24) is 19.8 Å². The molecule has 0 saturated carbocycles. The van der Waals surface area contributed by atoms with Crippen molar-refractivity contribution in [2.45, 2.75) is 45.8 Å². The average Bonchev–Trinajstić information content (AvgIpc) is 3.00. The number of thiocarbonyl (C=S) groups is 1. The smallest absolute Gasteiger partial charge is 0.170 e. The van der Waals surface area contributed by atoms with E-state index in [2.05, 4.69) is 66.6 Å². The molecule has 0 unspecified atom stereocenters. The zero-order chi connectivity index (χ0) is 16.7. The molecule has 0 spiro atoms. The minimum atomic E-state index is 0.0756. The first kappa shape index (κ1) is 16.0. The monoisotopic (exact) mass is 328 g/mol. The lowest BCUT2D eigenvalue weighted by Gasteiger charge is -2.31. The van der Waals surface area contributed by atoms with Gasteiger partial charge in [-0.1, -0.05) is 6.07 Å². The molecule has 0 amide bonds. The predicted molar refractivity (Wildman–Crippen MR) is 97.3 cm³/mol. The Morgan fingerprint density at radius 3 is 2.52 bits per heavy atom. The van der Waals surface area contributed by atoms with Crippen LogP contribution in [-0.2, 0) is 7.05 Å². The van der Waals surface area contributed by atoms with Crippen LogP contribution in [0.3, 0.4) is 0 Å². The van der Waals surface area contributed by atoms with Crippen LogP contribution in [0.1, 0.15) is 48.6 Å². The summed E-state index contributed by atoms with van der Waals surface area (Å²) in [5, 5.41) is 4.30. The number of aromatic nitrogens is 2. The maximum Gasteiger partial charge on any atom is 0.170 e. The lowest BCUT2D eigenvalue weighted by Crippen LogP contribution is -2.35. The summed E-state index contributed by atoms with van der Waals surface area (Å²) in [4.78, 5) is 6.87. The van der Waals surface area contributed by atoms with E-state index in [1.54, 1.807) is 0 Å². The van der Waals surface area contributed by atoms with Crippen molar-refractivity contribution in [3.8, 4) is 0 Å². The van der Waals surface area contributed by atoms with Crippen molar-refractivity contribution in [2.24, 2.45) is 7.05 Å². The minimum Gasteiger partial charge on any atom is -0.352 e. The first-order chi connectivity index (χ1) is 10.9. The summed E-state index contributed by atoms with van der Waals surface area (Å²) in [5.74, 6) is 0. The first-order valence-corrected chi connectivity index (χ1v) is 8.45. The molecule has 2 aromatic rings. The molecule has 5 heteroatoms. The molecule has 0 aliphatic carbocycles. The average molecular weight is 328 g/mol. The number of rotatable bonds is 3.